The largest absolute Gasteiger partial charge is 0.493 e. The van der Waals surface area contributed by atoms with Crippen LogP contribution in [0.25, 0.3) is 0 Å². The SMILES string of the molecule is CCC1CC(CNC2CC2)(c2ccc(OC)c(OC)c2)C1. The molecule has 0 amide bonds. The quantitative estimate of drug-likeness (QED) is 0.833. The van der Waals surface area contributed by atoms with E-state index in [1.54, 1.807) is 14.2 Å². The highest BCUT2D eigenvalue weighted by atomic mass is 16.5. The first kappa shape index (κ1) is 14.7. The van der Waals surface area contributed by atoms with Crippen LogP contribution in [0.2, 0.25) is 0 Å². The van der Waals surface area contributed by atoms with Crippen LogP contribution in [0.3, 0.4) is 0 Å². The molecule has 0 aliphatic heterocycles. The molecule has 0 bridgehead atoms. The van der Waals surface area contributed by atoms with Crippen LogP contribution in [0.5, 0.6) is 11.5 Å². The molecule has 2 fully saturated rings. The number of methoxy groups -OCH3 is 2. The molecule has 0 atom stereocenters. The minimum Gasteiger partial charge on any atom is -0.493 e. The lowest BCUT2D eigenvalue weighted by Crippen LogP contribution is -2.49. The molecule has 0 heterocycles. The molecule has 0 radical (unpaired) electrons. The van der Waals surface area contributed by atoms with Gasteiger partial charge in [0, 0.05) is 18.0 Å². The van der Waals surface area contributed by atoms with E-state index >= 15 is 0 Å². The van der Waals surface area contributed by atoms with Crippen LogP contribution in [0, 0.1) is 5.92 Å². The molecule has 21 heavy (non-hydrogen) atoms. The maximum absolute atomic E-state index is 5.49. The number of hydrogen-bond donors (Lipinski definition) is 1. The van der Waals surface area contributed by atoms with Crippen LogP contribution in [0.15, 0.2) is 18.2 Å². The second-order valence-electron chi connectivity index (χ2n) is 6.69. The van der Waals surface area contributed by atoms with Gasteiger partial charge >= 0.3 is 0 Å². The smallest absolute Gasteiger partial charge is 0.161 e. The van der Waals surface area contributed by atoms with Crippen LogP contribution < -0.4 is 14.8 Å². The van der Waals surface area contributed by atoms with Crippen molar-refractivity contribution in [3.05, 3.63) is 23.8 Å². The van der Waals surface area contributed by atoms with Gasteiger partial charge in [-0.15, -0.1) is 0 Å². The van der Waals surface area contributed by atoms with Gasteiger partial charge in [0.2, 0.25) is 0 Å². The molecule has 116 valence electrons. The van der Waals surface area contributed by atoms with Gasteiger partial charge < -0.3 is 14.8 Å². The Morgan fingerprint density at radius 3 is 2.43 bits per heavy atom. The van der Waals surface area contributed by atoms with Crippen molar-refractivity contribution in [2.45, 2.75) is 50.5 Å². The second-order valence-corrected chi connectivity index (χ2v) is 6.69. The summed E-state index contributed by atoms with van der Waals surface area (Å²) < 4.78 is 10.9. The summed E-state index contributed by atoms with van der Waals surface area (Å²) in [6, 6.07) is 7.22. The third kappa shape index (κ3) is 2.89. The molecule has 0 spiro atoms. The summed E-state index contributed by atoms with van der Waals surface area (Å²) in [6.45, 7) is 3.40. The lowest BCUT2D eigenvalue weighted by atomic mass is 9.58. The van der Waals surface area contributed by atoms with E-state index in [0.717, 1.165) is 30.0 Å². The molecule has 2 aliphatic carbocycles. The van der Waals surface area contributed by atoms with Crippen molar-refractivity contribution >= 4 is 0 Å². The molecular formula is C18H27NO2. The number of benzene rings is 1. The summed E-state index contributed by atoms with van der Waals surface area (Å²) in [5.41, 5.74) is 1.70. The van der Waals surface area contributed by atoms with Crippen molar-refractivity contribution in [1.82, 2.24) is 5.32 Å². The van der Waals surface area contributed by atoms with Gasteiger partial charge in [0.05, 0.1) is 14.2 Å². The lowest BCUT2D eigenvalue weighted by molar-refractivity contribution is 0.133. The summed E-state index contributed by atoms with van der Waals surface area (Å²) in [5.74, 6) is 2.54. The van der Waals surface area contributed by atoms with Crippen molar-refractivity contribution in [2.24, 2.45) is 5.92 Å². The summed E-state index contributed by atoms with van der Waals surface area (Å²) in [6.07, 6.45) is 6.56. The number of hydrogen-bond acceptors (Lipinski definition) is 3. The summed E-state index contributed by atoms with van der Waals surface area (Å²) in [5, 5.41) is 3.74. The van der Waals surface area contributed by atoms with E-state index in [4.69, 9.17) is 9.47 Å². The van der Waals surface area contributed by atoms with Gasteiger partial charge in [0.25, 0.3) is 0 Å². The molecule has 0 saturated heterocycles. The van der Waals surface area contributed by atoms with Crippen LogP contribution in [0.4, 0.5) is 0 Å². The van der Waals surface area contributed by atoms with Crippen LogP contribution in [0.1, 0.15) is 44.6 Å². The monoisotopic (exact) mass is 289 g/mol. The third-order valence-corrected chi connectivity index (χ3v) is 5.24. The third-order valence-electron chi connectivity index (χ3n) is 5.24. The van der Waals surface area contributed by atoms with Crippen molar-refractivity contribution in [2.75, 3.05) is 20.8 Å². The van der Waals surface area contributed by atoms with E-state index in [1.165, 1.54) is 37.7 Å². The molecule has 2 aliphatic rings. The Morgan fingerprint density at radius 1 is 1.14 bits per heavy atom. The van der Waals surface area contributed by atoms with Crippen LogP contribution in [-0.4, -0.2) is 26.8 Å². The first-order valence-electron chi connectivity index (χ1n) is 8.16. The van der Waals surface area contributed by atoms with E-state index in [9.17, 15) is 0 Å². The van der Waals surface area contributed by atoms with E-state index in [1.807, 2.05) is 6.07 Å². The fraction of sp³-hybridized carbons (Fsp3) is 0.667. The average Bonchev–Trinajstić information content (AvgIpc) is 3.30. The normalized spacial score (nSPS) is 28.0. The Kier molecular flexibility index (Phi) is 4.12. The van der Waals surface area contributed by atoms with Crippen molar-refractivity contribution in [3.8, 4) is 11.5 Å². The van der Waals surface area contributed by atoms with Crippen molar-refractivity contribution < 1.29 is 9.47 Å². The highest BCUT2D eigenvalue weighted by Crippen LogP contribution is 2.50. The van der Waals surface area contributed by atoms with E-state index < -0.39 is 0 Å². The molecule has 2 saturated carbocycles. The highest BCUT2D eigenvalue weighted by Gasteiger charge is 2.45. The van der Waals surface area contributed by atoms with Gasteiger partial charge in [-0.25, -0.2) is 0 Å². The lowest BCUT2D eigenvalue weighted by Gasteiger charge is -2.48. The Morgan fingerprint density at radius 2 is 1.86 bits per heavy atom. The van der Waals surface area contributed by atoms with E-state index in [-0.39, 0.29) is 0 Å². The molecule has 0 unspecified atom stereocenters. The highest BCUT2D eigenvalue weighted by molar-refractivity contribution is 5.46. The van der Waals surface area contributed by atoms with Crippen molar-refractivity contribution in [1.29, 1.82) is 0 Å². The molecule has 3 nitrogen and oxygen atoms in total. The molecule has 3 rings (SSSR count). The predicted molar refractivity (Wildman–Crippen MR) is 85.3 cm³/mol. The van der Waals surface area contributed by atoms with Gasteiger partial charge in [-0.3, -0.25) is 0 Å². The number of rotatable bonds is 7. The maximum atomic E-state index is 5.49. The van der Waals surface area contributed by atoms with E-state index in [0.29, 0.717) is 5.41 Å². The van der Waals surface area contributed by atoms with Gasteiger partial charge in [0.1, 0.15) is 0 Å². The van der Waals surface area contributed by atoms with Crippen LogP contribution >= 0.6 is 0 Å². The Bertz CT molecular complexity index is 490. The fourth-order valence-corrected chi connectivity index (χ4v) is 3.61. The van der Waals surface area contributed by atoms with Gasteiger partial charge in [-0.05, 0) is 49.3 Å². The van der Waals surface area contributed by atoms with Gasteiger partial charge in [0.15, 0.2) is 11.5 Å². The topological polar surface area (TPSA) is 30.5 Å². The number of nitrogens with one attached hydrogen (secondary N) is 1. The first-order valence-corrected chi connectivity index (χ1v) is 8.16. The second kappa shape index (κ2) is 5.88. The van der Waals surface area contributed by atoms with Gasteiger partial charge in [-0.2, -0.15) is 0 Å². The van der Waals surface area contributed by atoms with Gasteiger partial charge in [-0.1, -0.05) is 19.4 Å². The van der Waals surface area contributed by atoms with Crippen molar-refractivity contribution in [3.63, 3.8) is 0 Å². The zero-order valence-electron chi connectivity index (χ0n) is 13.4. The summed E-state index contributed by atoms with van der Waals surface area (Å²) >= 11 is 0. The molecule has 0 aromatic heterocycles. The van der Waals surface area contributed by atoms with Crippen LogP contribution in [-0.2, 0) is 5.41 Å². The Labute approximate surface area is 128 Å². The molecule has 1 aromatic rings. The molecular weight excluding hydrogens is 262 g/mol. The standard InChI is InChI=1S/C18H27NO2/c1-4-13-10-18(11-13,12-19-15-6-7-15)14-5-8-16(20-2)17(9-14)21-3/h5,8-9,13,15,19H,4,6-7,10-12H2,1-3H3. The number of ether oxygens (including phenoxy) is 2. The minimum atomic E-state index is 0.294. The van der Waals surface area contributed by atoms with E-state index in [2.05, 4.69) is 24.4 Å². The Hall–Kier alpha value is -1.22. The molecule has 1 aromatic carbocycles. The summed E-state index contributed by atoms with van der Waals surface area (Å²) in [7, 11) is 3.41. The first-order chi connectivity index (χ1) is 10.2. The fourth-order valence-electron chi connectivity index (χ4n) is 3.61. The zero-order valence-corrected chi connectivity index (χ0v) is 13.4. The maximum Gasteiger partial charge on any atom is 0.161 e. The predicted octanol–water partition coefficient (Wildman–Crippen LogP) is 3.51. The molecule has 1 N–H and O–H groups in total. The Balaban J connectivity index is 1.81. The molecule has 3 heteroatoms. The zero-order chi connectivity index (χ0) is 14.9. The average molecular weight is 289 g/mol. The minimum absolute atomic E-state index is 0.294. The summed E-state index contributed by atoms with van der Waals surface area (Å²) in [4.78, 5) is 0.